The van der Waals surface area contributed by atoms with Gasteiger partial charge in [-0.25, -0.2) is 8.78 Å². The molecule has 3 aromatic carbocycles. The normalized spacial score (nSPS) is 14.3. The molecule has 1 heterocycles. The molecule has 2 aliphatic rings. The lowest BCUT2D eigenvalue weighted by atomic mass is 9.93. The number of carbonyl (C=O) groups excluding carboxylic acids is 1. The van der Waals surface area contributed by atoms with Crippen LogP contribution in [0.3, 0.4) is 0 Å². The van der Waals surface area contributed by atoms with Gasteiger partial charge in [-0.1, -0.05) is 12.1 Å². The van der Waals surface area contributed by atoms with Crippen molar-refractivity contribution in [3.05, 3.63) is 93.5 Å². The number of halogens is 3. The van der Waals surface area contributed by atoms with E-state index in [0.717, 1.165) is 30.5 Å². The number of amides is 1. The summed E-state index contributed by atoms with van der Waals surface area (Å²) in [7, 11) is 1.54. The molecule has 1 saturated carbocycles. The minimum Gasteiger partial charge on any atom is -0.497 e. The van der Waals surface area contributed by atoms with E-state index in [4.69, 9.17) is 24.1 Å². The topological polar surface area (TPSA) is 97.3 Å². The number of carboxylic acid groups (broad SMARTS) is 1. The quantitative estimate of drug-likeness (QED) is 0.198. The number of nitrogens with one attached hydrogen (secondary N) is 1. The molecule has 43 heavy (non-hydrogen) atoms. The van der Waals surface area contributed by atoms with E-state index in [9.17, 15) is 13.6 Å². The summed E-state index contributed by atoms with van der Waals surface area (Å²) in [6, 6.07) is 16.7. The first kappa shape index (κ1) is 32.0. The van der Waals surface area contributed by atoms with Crippen LogP contribution >= 0.6 is 15.9 Å². The molecule has 0 saturated heterocycles. The summed E-state index contributed by atoms with van der Waals surface area (Å²) >= 11 is 3.34. The molecule has 0 aromatic heterocycles. The van der Waals surface area contributed by atoms with Gasteiger partial charge in [0.1, 0.15) is 42.1 Å². The Labute approximate surface area is 257 Å². The zero-order valence-corrected chi connectivity index (χ0v) is 25.2. The lowest BCUT2D eigenvalue weighted by Gasteiger charge is -2.28. The third-order valence-electron chi connectivity index (χ3n) is 7.02. The number of benzene rings is 3. The Kier molecular flexibility index (Phi) is 11.5. The Morgan fingerprint density at radius 2 is 1.74 bits per heavy atom. The van der Waals surface area contributed by atoms with E-state index in [-0.39, 0.29) is 49.8 Å². The highest BCUT2D eigenvalue weighted by molar-refractivity contribution is 9.10. The highest BCUT2D eigenvalue weighted by atomic mass is 79.9. The van der Waals surface area contributed by atoms with Crippen molar-refractivity contribution < 1.29 is 37.7 Å². The van der Waals surface area contributed by atoms with Gasteiger partial charge in [0, 0.05) is 36.3 Å². The Morgan fingerprint density at radius 3 is 2.44 bits per heavy atom. The van der Waals surface area contributed by atoms with Gasteiger partial charge in [-0.15, -0.1) is 0 Å². The molecule has 3 aromatic rings. The van der Waals surface area contributed by atoms with Crippen LogP contribution in [0.2, 0.25) is 0 Å². The number of hydrogen-bond donors (Lipinski definition) is 2. The smallest absolute Gasteiger partial charge is 0.290 e. The SMILES string of the molecule is COc1ccc(F)c(CN(C(=O)C2=C(c3ccc(OCCOc4cc(F)ccc4Br)cc3)CCNC2)C2CC2)c1.O=CO. The number of methoxy groups -OCH3 is 1. The van der Waals surface area contributed by atoms with E-state index in [1.54, 1.807) is 30.2 Å². The van der Waals surface area contributed by atoms with Crippen LogP contribution in [0, 0.1) is 11.6 Å². The highest BCUT2D eigenvalue weighted by Gasteiger charge is 2.35. The number of nitrogens with zero attached hydrogens (tertiary/aromatic N) is 1. The molecule has 2 N–H and O–H groups in total. The van der Waals surface area contributed by atoms with Gasteiger partial charge in [0.15, 0.2) is 0 Å². The van der Waals surface area contributed by atoms with Gasteiger partial charge in [-0.05, 0) is 95.3 Å². The molecule has 0 atom stereocenters. The molecule has 0 radical (unpaired) electrons. The molecular formula is C32H33BrF2N2O6. The van der Waals surface area contributed by atoms with Crippen molar-refractivity contribution in [3.63, 3.8) is 0 Å². The van der Waals surface area contributed by atoms with Crippen LogP contribution in [0.25, 0.3) is 5.57 Å². The van der Waals surface area contributed by atoms with Crippen molar-refractivity contribution in [1.82, 2.24) is 10.2 Å². The van der Waals surface area contributed by atoms with Crippen molar-refractivity contribution in [3.8, 4) is 17.2 Å². The summed E-state index contributed by atoms with van der Waals surface area (Å²) in [5, 5.41) is 10.2. The second-order valence-corrected chi connectivity index (χ2v) is 10.8. The summed E-state index contributed by atoms with van der Waals surface area (Å²) in [6.45, 7) is 1.72. The largest absolute Gasteiger partial charge is 0.497 e. The van der Waals surface area contributed by atoms with E-state index < -0.39 is 0 Å². The summed E-state index contributed by atoms with van der Waals surface area (Å²) in [6.07, 6.45) is 2.54. The summed E-state index contributed by atoms with van der Waals surface area (Å²) < 4.78 is 45.4. The maximum absolute atomic E-state index is 14.6. The van der Waals surface area contributed by atoms with E-state index in [1.807, 2.05) is 24.3 Å². The van der Waals surface area contributed by atoms with Crippen LogP contribution < -0.4 is 19.5 Å². The Balaban J connectivity index is 0.00000135. The Hall–Kier alpha value is -3.96. The van der Waals surface area contributed by atoms with Gasteiger partial charge in [0.05, 0.1) is 11.6 Å². The zero-order chi connectivity index (χ0) is 30.8. The molecule has 1 aliphatic heterocycles. The Morgan fingerprint density at radius 1 is 1.05 bits per heavy atom. The fraction of sp³-hybridized carbons (Fsp3) is 0.312. The van der Waals surface area contributed by atoms with Gasteiger partial charge in [-0.3, -0.25) is 9.59 Å². The van der Waals surface area contributed by atoms with Gasteiger partial charge in [-0.2, -0.15) is 0 Å². The molecule has 0 bridgehead atoms. The molecular weight excluding hydrogens is 626 g/mol. The molecule has 11 heteroatoms. The zero-order valence-electron chi connectivity index (χ0n) is 23.7. The fourth-order valence-electron chi connectivity index (χ4n) is 4.77. The van der Waals surface area contributed by atoms with E-state index in [2.05, 4.69) is 21.2 Å². The first-order valence-corrected chi connectivity index (χ1v) is 14.6. The lowest BCUT2D eigenvalue weighted by Crippen LogP contribution is -2.39. The second-order valence-electron chi connectivity index (χ2n) is 9.91. The van der Waals surface area contributed by atoms with Gasteiger partial charge in [0.25, 0.3) is 12.4 Å². The van der Waals surface area contributed by atoms with Crippen LogP contribution in [-0.2, 0) is 16.1 Å². The minimum atomic E-state index is -0.368. The third kappa shape index (κ3) is 8.77. The molecule has 0 unspecified atom stereocenters. The van der Waals surface area contributed by atoms with Crippen LogP contribution in [0.4, 0.5) is 8.78 Å². The Bertz CT molecular complexity index is 1450. The first-order chi connectivity index (χ1) is 20.8. The van der Waals surface area contributed by atoms with Crippen molar-refractivity contribution in [2.24, 2.45) is 0 Å². The predicted molar refractivity (Wildman–Crippen MR) is 161 cm³/mol. The molecule has 1 aliphatic carbocycles. The second kappa shape index (κ2) is 15.5. The molecule has 8 nitrogen and oxygen atoms in total. The highest BCUT2D eigenvalue weighted by Crippen LogP contribution is 2.34. The summed E-state index contributed by atoms with van der Waals surface area (Å²) in [5.41, 5.74) is 3.11. The number of hydrogen-bond acceptors (Lipinski definition) is 6. The van der Waals surface area contributed by atoms with Crippen molar-refractivity contribution in [2.45, 2.75) is 31.8 Å². The average Bonchev–Trinajstić information content (AvgIpc) is 3.86. The van der Waals surface area contributed by atoms with Crippen LogP contribution in [-0.4, -0.2) is 61.8 Å². The average molecular weight is 660 g/mol. The molecule has 1 fully saturated rings. The van der Waals surface area contributed by atoms with Gasteiger partial charge < -0.3 is 29.5 Å². The van der Waals surface area contributed by atoms with E-state index in [0.29, 0.717) is 45.8 Å². The standard InChI is InChI=1S/C31H31BrF2N2O4.CH2O2/c1-38-25-9-11-29(34)21(16-25)19-36(23-5-6-23)31(37)27-18-35-13-12-26(27)20-2-7-24(8-3-20)39-14-15-40-30-17-22(33)4-10-28(30)32;2-1-3/h2-4,7-11,16-17,23,35H,5-6,12-15,18-19H2,1H3;1H,(H,2,3). The lowest BCUT2D eigenvalue weighted by molar-refractivity contribution is -0.128. The van der Waals surface area contributed by atoms with E-state index in [1.165, 1.54) is 18.2 Å². The molecule has 5 rings (SSSR count). The third-order valence-corrected chi connectivity index (χ3v) is 7.68. The molecule has 228 valence electrons. The van der Waals surface area contributed by atoms with Gasteiger partial charge >= 0.3 is 0 Å². The maximum Gasteiger partial charge on any atom is 0.290 e. The van der Waals surface area contributed by atoms with Crippen molar-refractivity contribution in [1.29, 1.82) is 0 Å². The predicted octanol–water partition coefficient (Wildman–Crippen LogP) is 5.83. The number of rotatable bonds is 11. The minimum absolute atomic E-state index is 0.0621. The van der Waals surface area contributed by atoms with Crippen LogP contribution in [0.15, 0.2) is 70.7 Å². The fourth-order valence-corrected chi connectivity index (χ4v) is 5.13. The maximum atomic E-state index is 14.6. The van der Waals surface area contributed by atoms with Crippen LogP contribution in [0.5, 0.6) is 17.2 Å². The van der Waals surface area contributed by atoms with Crippen molar-refractivity contribution in [2.75, 3.05) is 33.4 Å². The van der Waals surface area contributed by atoms with Gasteiger partial charge in [0.2, 0.25) is 0 Å². The first-order valence-electron chi connectivity index (χ1n) is 13.8. The van der Waals surface area contributed by atoms with Crippen molar-refractivity contribution >= 4 is 33.9 Å². The molecule has 0 spiro atoms. The monoisotopic (exact) mass is 658 g/mol. The summed E-state index contributed by atoms with van der Waals surface area (Å²) in [5.74, 6) is 0.874. The summed E-state index contributed by atoms with van der Waals surface area (Å²) in [4.78, 5) is 24.0. The number of carbonyl (C=O) groups is 2. The van der Waals surface area contributed by atoms with E-state index >= 15 is 0 Å². The number of ether oxygens (including phenoxy) is 3. The molecule has 1 amide bonds. The van der Waals surface area contributed by atoms with Crippen LogP contribution in [0.1, 0.15) is 30.4 Å².